The molecular weight excluding hydrogens is 346 g/mol. The molecule has 0 spiro atoms. The van der Waals surface area contributed by atoms with Gasteiger partial charge in [0, 0.05) is 18.4 Å². The van der Waals surface area contributed by atoms with Crippen molar-refractivity contribution in [1.82, 2.24) is 0 Å². The Morgan fingerprint density at radius 3 is 2.59 bits per heavy atom. The van der Waals surface area contributed by atoms with Gasteiger partial charge in [-0.25, -0.2) is 0 Å². The number of nitriles is 1. The van der Waals surface area contributed by atoms with Gasteiger partial charge in [0.05, 0.1) is 5.92 Å². The van der Waals surface area contributed by atoms with Crippen LogP contribution < -0.4 is 16.2 Å². The van der Waals surface area contributed by atoms with Crippen LogP contribution in [0.4, 0.5) is 0 Å². The zero-order valence-electron chi connectivity index (χ0n) is 15.2. The maximum Gasteiger partial charge on any atom is 0.255 e. The van der Waals surface area contributed by atoms with Crippen LogP contribution in [0.3, 0.4) is 0 Å². The molecule has 27 heavy (non-hydrogen) atoms. The average molecular weight is 367 g/mol. The van der Waals surface area contributed by atoms with Crippen LogP contribution in [0.15, 0.2) is 47.1 Å². The lowest BCUT2D eigenvalue weighted by Gasteiger charge is -2.37. The van der Waals surface area contributed by atoms with E-state index < -0.39 is 11.8 Å². The molecule has 1 amide bonds. The minimum Gasteiger partial charge on any atom is -0.484 e. The molecule has 0 aromatic heterocycles. The van der Waals surface area contributed by atoms with Gasteiger partial charge in [-0.2, -0.15) is 5.26 Å². The number of hydrogen-bond donors (Lipinski definition) is 2. The quantitative estimate of drug-likeness (QED) is 0.837. The Kier molecular flexibility index (Phi) is 4.66. The van der Waals surface area contributed by atoms with Crippen LogP contribution in [-0.2, 0) is 14.3 Å². The summed E-state index contributed by atoms with van der Waals surface area (Å²) >= 11 is 0. The SMILES string of the molecule is CC1(C)CC(=O)C2=C(C1)OC(N)=C(C#N)[C@@H]2c1ccc(OCC(N)=O)cc1. The van der Waals surface area contributed by atoms with Gasteiger partial charge in [0.2, 0.25) is 5.88 Å². The van der Waals surface area contributed by atoms with Crippen LogP contribution in [0.5, 0.6) is 5.75 Å². The largest absolute Gasteiger partial charge is 0.484 e. The molecule has 0 fully saturated rings. The van der Waals surface area contributed by atoms with Gasteiger partial charge >= 0.3 is 0 Å². The van der Waals surface area contributed by atoms with Gasteiger partial charge in [0.25, 0.3) is 5.91 Å². The third kappa shape index (κ3) is 3.65. The summed E-state index contributed by atoms with van der Waals surface area (Å²) in [5.41, 5.74) is 12.3. The second-order valence-corrected chi connectivity index (χ2v) is 7.53. The summed E-state index contributed by atoms with van der Waals surface area (Å²) in [4.78, 5) is 23.7. The van der Waals surface area contributed by atoms with Crippen LogP contribution >= 0.6 is 0 Å². The Hall–Kier alpha value is -3.27. The van der Waals surface area contributed by atoms with Crippen molar-refractivity contribution in [3.8, 4) is 11.8 Å². The molecule has 3 rings (SSSR count). The molecule has 0 saturated carbocycles. The summed E-state index contributed by atoms with van der Waals surface area (Å²) in [6.45, 7) is 3.77. The monoisotopic (exact) mass is 367 g/mol. The number of nitrogens with zero attached hydrogens (tertiary/aromatic N) is 1. The van der Waals surface area contributed by atoms with Crippen molar-refractivity contribution in [2.75, 3.05) is 6.61 Å². The molecule has 1 heterocycles. The number of hydrogen-bond acceptors (Lipinski definition) is 6. The zero-order valence-corrected chi connectivity index (χ0v) is 15.2. The number of Topliss-reactive ketones (excluding diaryl/α,β-unsaturated/α-hetero) is 1. The average Bonchev–Trinajstić information content (AvgIpc) is 2.58. The first-order chi connectivity index (χ1) is 12.7. The Balaban J connectivity index is 2.01. The minimum absolute atomic E-state index is 0.0285. The van der Waals surface area contributed by atoms with Crippen molar-refractivity contribution in [3.05, 3.63) is 52.6 Å². The van der Waals surface area contributed by atoms with Crippen LogP contribution in [0.1, 0.15) is 38.2 Å². The fraction of sp³-hybridized carbons (Fsp3) is 0.350. The highest BCUT2D eigenvalue weighted by atomic mass is 16.5. The summed E-state index contributed by atoms with van der Waals surface area (Å²) < 4.78 is 10.9. The molecular formula is C20H21N3O4. The molecule has 1 aromatic carbocycles. The molecule has 0 radical (unpaired) electrons. The smallest absolute Gasteiger partial charge is 0.255 e. The van der Waals surface area contributed by atoms with E-state index in [0.29, 0.717) is 29.9 Å². The van der Waals surface area contributed by atoms with Gasteiger partial charge in [-0.1, -0.05) is 26.0 Å². The molecule has 0 unspecified atom stereocenters. The Morgan fingerprint density at radius 2 is 2.00 bits per heavy atom. The number of rotatable bonds is 4. The summed E-state index contributed by atoms with van der Waals surface area (Å²) in [6, 6.07) is 8.90. The number of ether oxygens (including phenoxy) is 2. The molecule has 1 aliphatic heterocycles. The van der Waals surface area contributed by atoms with Gasteiger partial charge in [-0.15, -0.1) is 0 Å². The molecule has 1 atom stereocenters. The van der Waals surface area contributed by atoms with Gasteiger partial charge in [-0.05, 0) is 23.1 Å². The molecule has 1 aliphatic carbocycles. The molecule has 0 bridgehead atoms. The van der Waals surface area contributed by atoms with Crippen molar-refractivity contribution >= 4 is 11.7 Å². The normalized spacial score (nSPS) is 21.2. The topological polar surface area (TPSA) is 128 Å². The molecule has 7 nitrogen and oxygen atoms in total. The van der Waals surface area contributed by atoms with E-state index in [1.54, 1.807) is 24.3 Å². The lowest BCUT2D eigenvalue weighted by Crippen LogP contribution is -2.33. The number of amides is 1. The highest BCUT2D eigenvalue weighted by molar-refractivity contribution is 6.00. The summed E-state index contributed by atoms with van der Waals surface area (Å²) in [7, 11) is 0. The van der Waals surface area contributed by atoms with Crippen LogP contribution in [0.25, 0.3) is 0 Å². The van der Waals surface area contributed by atoms with Crippen LogP contribution in [-0.4, -0.2) is 18.3 Å². The predicted molar refractivity (Wildman–Crippen MR) is 96.8 cm³/mol. The number of benzene rings is 1. The first kappa shape index (κ1) is 18.5. The van der Waals surface area contributed by atoms with Crippen LogP contribution in [0, 0.1) is 16.7 Å². The first-order valence-corrected chi connectivity index (χ1v) is 8.57. The fourth-order valence-corrected chi connectivity index (χ4v) is 3.53. The lowest BCUT2D eigenvalue weighted by molar-refractivity contribution is -0.120. The van der Waals surface area contributed by atoms with Crippen LogP contribution in [0.2, 0.25) is 0 Å². The first-order valence-electron chi connectivity index (χ1n) is 8.57. The lowest BCUT2D eigenvalue weighted by atomic mass is 9.70. The van der Waals surface area contributed by atoms with Crippen molar-refractivity contribution in [3.63, 3.8) is 0 Å². The molecule has 0 saturated heterocycles. The number of allylic oxidation sites excluding steroid dienone is 3. The molecule has 4 N–H and O–H groups in total. The van der Waals surface area contributed by atoms with Crippen molar-refractivity contribution in [2.45, 2.75) is 32.6 Å². The molecule has 2 aliphatic rings. The number of primary amides is 1. The number of nitrogens with two attached hydrogens (primary N) is 2. The van der Waals surface area contributed by atoms with Crippen molar-refractivity contribution in [2.24, 2.45) is 16.9 Å². The zero-order chi connectivity index (χ0) is 19.8. The Bertz CT molecular complexity index is 904. The van der Waals surface area contributed by atoms with E-state index in [-0.39, 0.29) is 29.3 Å². The second-order valence-electron chi connectivity index (χ2n) is 7.53. The van der Waals surface area contributed by atoms with E-state index in [1.165, 1.54) is 0 Å². The number of ketones is 1. The summed E-state index contributed by atoms with van der Waals surface area (Å²) in [5, 5.41) is 9.59. The van der Waals surface area contributed by atoms with E-state index in [1.807, 2.05) is 13.8 Å². The minimum atomic E-state index is -0.576. The Morgan fingerprint density at radius 1 is 1.33 bits per heavy atom. The summed E-state index contributed by atoms with van der Waals surface area (Å²) in [6.07, 6.45) is 0.952. The highest BCUT2D eigenvalue weighted by Gasteiger charge is 2.42. The standard InChI is InChI=1S/C20H21N3O4/c1-20(2)7-14(24)18-15(8-20)27-19(23)13(9-21)17(18)11-3-5-12(6-4-11)26-10-16(22)25/h3-6,17H,7-8,10,23H2,1-2H3,(H2,22,25)/t17-/m0/s1. The van der Waals surface area contributed by atoms with E-state index >= 15 is 0 Å². The van der Waals surface area contributed by atoms with E-state index in [4.69, 9.17) is 20.9 Å². The molecule has 140 valence electrons. The van der Waals surface area contributed by atoms with E-state index in [2.05, 4.69) is 6.07 Å². The van der Waals surface area contributed by atoms with Crippen molar-refractivity contribution < 1.29 is 19.1 Å². The van der Waals surface area contributed by atoms with E-state index in [0.717, 1.165) is 5.56 Å². The Labute approximate surface area is 157 Å². The third-order valence-corrected chi connectivity index (χ3v) is 4.67. The number of carbonyl (C=O) groups is 2. The van der Waals surface area contributed by atoms with Gasteiger partial charge in [-0.3, -0.25) is 9.59 Å². The third-order valence-electron chi connectivity index (χ3n) is 4.67. The highest BCUT2D eigenvalue weighted by Crippen LogP contribution is 2.47. The maximum absolute atomic E-state index is 12.9. The van der Waals surface area contributed by atoms with Gasteiger partial charge in [0.1, 0.15) is 23.2 Å². The van der Waals surface area contributed by atoms with E-state index in [9.17, 15) is 14.9 Å². The van der Waals surface area contributed by atoms with Gasteiger partial charge in [0.15, 0.2) is 12.4 Å². The van der Waals surface area contributed by atoms with Gasteiger partial charge < -0.3 is 20.9 Å². The maximum atomic E-state index is 12.9. The molecule has 1 aromatic rings. The molecule has 7 heteroatoms. The second kappa shape index (κ2) is 6.80. The fourth-order valence-electron chi connectivity index (χ4n) is 3.53. The predicted octanol–water partition coefficient (Wildman–Crippen LogP) is 2.00. The van der Waals surface area contributed by atoms with Crippen molar-refractivity contribution in [1.29, 1.82) is 5.26 Å². The number of carbonyl (C=O) groups excluding carboxylic acids is 2. The summed E-state index contributed by atoms with van der Waals surface area (Å²) in [5.74, 6) is -0.165.